The predicted octanol–water partition coefficient (Wildman–Crippen LogP) is 3.25. The van der Waals surface area contributed by atoms with Crippen molar-refractivity contribution in [3.8, 4) is 11.1 Å². The summed E-state index contributed by atoms with van der Waals surface area (Å²) < 4.78 is 4.92. The molecule has 0 atom stereocenters. The largest absolute Gasteiger partial charge is 0.454 e. The van der Waals surface area contributed by atoms with E-state index in [0.717, 1.165) is 22.3 Å². The molecule has 2 amide bonds. The Morgan fingerprint density at radius 1 is 0.774 bits per heavy atom. The van der Waals surface area contributed by atoms with E-state index >= 15 is 0 Å². The van der Waals surface area contributed by atoms with E-state index in [-0.39, 0.29) is 12.5 Å². The number of nitrogens with one attached hydrogen (secondary N) is 2. The van der Waals surface area contributed by atoms with E-state index in [1.54, 1.807) is 12.1 Å². The number of benzene rings is 3. The molecule has 0 heterocycles. The van der Waals surface area contributed by atoms with Gasteiger partial charge in [0.25, 0.3) is 11.8 Å². The number of hydrogen-bond donors (Lipinski definition) is 2. The summed E-state index contributed by atoms with van der Waals surface area (Å²) in [5.41, 5.74) is 4.54. The monoisotopic (exact) mass is 416 g/mol. The third-order valence-corrected chi connectivity index (χ3v) is 4.75. The minimum Gasteiger partial charge on any atom is -0.454 e. The van der Waals surface area contributed by atoms with Gasteiger partial charge in [-0.05, 0) is 41.3 Å². The second-order valence-electron chi connectivity index (χ2n) is 6.99. The van der Waals surface area contributed by atoms with Crippen LogP contribution in [0.25, 0.3) is 11.1 Å². The van der Waals surface area contributed by atoms with Gasteiger partial charge in [-0.2, -0.15) is 0 Å². The first-order valence-corrected chi connectivity index (χ1v) is 9.93. The van der Waals surface area contributed by atoms with Crippen LogP contribution in [0.2, 0.25) is 0 Å². The molecule has 3 rings (SSSR count). The number of rotatable bonds is 8. The molecule has 3 aromatic rings. The van der Waals surface area contributed by atoms with Gasteiger partial charge in [0.2, 0.25) is 0 Å². The summed E-state index contributed by atoms with van der Waals surface area (Å²) in [6.07, 6.45) is 0. The number of hydrogen-bond acceptors (Lipinski definition) is 4. The van der Waals surface area contributed by atoms with Crippen LogP contribution in [0.15, 0.2) is 78.9 Å². The SMILES string of the molecule is Cc1ccccc1CNC(=O)COC(=O)CNC(=O)c1ccc(-c2ccccc2)cc1. The average Bonchev–Trinajstić information content (AvgIpc) is 2.81. The maximum Gasteiger partial charge on any atom is 0.325 e. The third-order valence-electron chi connectivity index (χ3n) is 4.75. The van der Waals surface area contributed by atoms with Crippen LogP contribution in [-0.2, 0) is 20.9 Å². The van der Waals surface area contributed by atoms with Gasteiger partial charge in [0.15, 0.2) is 6.61 Å². The summed E-state index contributed by atoms with van der Waals surface area (Å²) in [4.78, 5) is 35.9. The average molecular weight is 416 g/mol. The first-order chi connectivity index (χ1) is 15.0. The first kappa shape index (κ1) is 21.8. The highest BCUT2D eigenvalue weighted by Crippen LogP contribution is 2.19. The molecule has 0 aliphatic rings. The van der Waals surface area contributed by atoms with Crippen molar-refractivity contribution >= 4 is 17.8 Å². The molecule has 0 aromatic heterocycles. The van der Waals surface area contributed by atoms with Gasteiger partial charge in [-0.15, -0.1) is 0 Å². The second kappa shape index (κ2) is 10.7. The van der Waals surface area contributed by atoms with Crippen molar-refractivity contribution in [2.24, 2.45) is 0 Å². The van der Waals surface area contributed by atoms with E-state index in [4.69, 9.17) is 4.74 Å². The Balaban J connectivity index is 1.39. The quantitative estimate of drug-likeness (QED) is 0.552. The Morgan fingerprint density at radius 3 is 2.13 bits per heavy atom. The number of carbonyl (C=O) groups excluding carboxylic acids is 3. The van der Waals surface area contributed by atoms with E-state index < -0.39 is 18.5 Å². The van der Waals surface area contributed by atoms with Crippen molar-refractivity contribution in [1.82, 2.24) is 10.6 Å². The predicted molar refractivity (Wildman–Crippen MR) is 118 cm³/mol. The van der Waals surface area contributed by atoms with Crippen LogP contribution < -0.4 is 10.6 Å². The minimum absolute atomic E-state index is 0.315. The second-order valence-corrected chi connectivity index (χ2v) is 6.99. The lowest BCUT2D eigenvalue weighted by Crippen LogP contribution is -2.33. The molecular weight excluding hydrogens is 392 g/mol. The molecule has 6 heteroatoms. The molecule has 0 fully saturated rings. The number of carbonyl (C=O) groups is 3. The smallest absolute Gasteiger partial charge is 0.325 e. The Hall–Kier alpha value is -3.93. The van der Waals surface area contributed by atoms with Crippen molar-refractivity contribution in [3.05, 3.63) is 95.6 Å². The van der Waals surface area contributed by atoms with Gasteiger partial charge in [0.1, 0.15) is 6.54 Å². The van der Waals surface area contributed by atoms with Crippen LogP contribution in [0.1, 0.15) is 21.5 Å². The molecule has 0 aliphatic carbocycles. The maximum atomic E-state index is 12.2. The normalized spacial score (nSPS) is 10.2. The lowest BCUT2D eigenvalue weighted by molar-refractivity contribution is -0.147. The van der Waals surface area contributed by atoms with Gasteiger partial charge in [-0.3, -0.25) is 14.4 Å². The molecule has 6 nitrogen and oxygen atoms in total. The number of amides is 2. The van der Waals surface area contributed by atoms with Gasteiger partial charge in [0, 0.05) is 12.1 Å². The summed E-state index contributed by atoms with van der Waals surface area (Å²) in [5.74, 6) is -1.47. The number of ether oxygens (including phenoxy) is 1. The Morgan fingerprint density at radius 2 is 1.42 bits per heavy atom. The molecule has 158 valence electrons. The minimum atomic E-state index is -0.680. The van der Waals surface area contributed by atoms with Crippen molar-refractivity contribution in [2.75, 3.05) is 13.2 Å². The van der Waals surface area contributed by atoms with E-state index in [9.17, 15) is 14.4 Å². The molecule has 0 unspecified atom stereocenters. The summed E-state index contributed by atoms with van der Waals surface area (Å²) in [7, 11) is 0. The van der Waals surface area contributed by atoms with Gasteiger partial charge in [-0.1, -0.05) is 66.7 Å². The fraction of sp³-hybridized carbons (Fsp3) is 0.160. The number of esters is 1. The van der Waals surface area contributed by atoms with Crippen LogP contribution in [0, 0.1) is 6.92 Å². The van der Waals surface area contributed by atoms with Gasteiger partial charge in [-0.25, -0.2) is 0 Å². The highest BCUT2D eigenvalue weighted by atomic mass is 16.5. The van der Waals surface area contributed by atoms with Crippen molar-refractivity contribution in [2.45, 2.75) is 13.5 Å². The fourth-order valence-corrected chi connectivity index (χ4v) is 2.95. The molecule has 31 heavy (non-hydrogen) atoms. The highest BCUT2D eigenvalue weighted by molar-refractivity contribution is 5.96. The van der Waals surface area contributed by atoms with Gasteiger partial charge in [0.05, 0.1) is 0 Å². The molecule has 3 aromatic carbocycles. The third kappa shape index (κ3) is 6.54. The van der Waals surface area contributed by atoms with Crippen molar-refractivity contribution in [3.63, 3.8) is 0 Å². The van der Waals surface area contributed by atoms with Crippen LogP contribution in [-0.4, -0.2) is 30.9 Å². The molecule has 0 aliphatic heterocycles. The van der Waals surface area contributed by atoms with Crippen LogP contribution in [0.4, 0.5) is 0 Å². The van der Waals surface area contributed by atoms with Crippen molar-refractivity contribution in [1.29, 1.82) is 0 Å². The topological polar surface area (TPSA) is 84.5 Å². The Bertz CT molecular complexity index is 1050. The zero-order chi connectivity index (χ0) is 22.1. The molecule has 2 N–H and O–H groups in total. The lowest BCUT2D eigenvalue weighted by Gasteiger charge is -2.09. The molecule has 0 bridgehead atoms. The summed E-state index contributed by atoms with van der Waals surface area (Å²) in [6.45, 7) is 1.61. The van der Waals surface area contributed by atoms with E-state index in [0.29, 0.717) is 12.1 Å². The zero-order valence-electron chi connectivity index (χ0n) is 17.3. The van der Waals surface area contributed by atoms with E-state index in [2.05, 4.69) is 10.6 Å². The molecule has 0 saturated heterocycles. The Labute approximate surface area is 181 Å². The van der Waals surface area contributed by atoms with E-state index in [1.807, 2.05) is 73.7 Å². The lowest BCUT2D eigenvalue weighted by atomic mass is 10.0. The summed E-state index contributed by atoms with van der Waals surface area (Å²) in [5, 5.41) is 5.20. The molecule has 0 spiro atoms. The van der Waals surface area contributed by atoms with Crippen LogP contribution >= 0.6 is 0 Å². The van der Waals surface area contributed by atoms with Crippen LogP contribution in [0.5, 0.6) is 0 Å². The molecule has 0 saturated carbocycles. The van der Waals surface area contributed by atoms with Crippen LogP contribution in [0.3, 0.4) is 0 Å². The first-order valence-electron chi connectivity index (χ1n) is 9.93. The fourth-order valence-electron chi connectivity index (χ4n) is 2.95. The zero-order valence-corrected chi connectivity index (χ0v) is 17.3. The molecule has 0 radical (unpaired) electrons. The standard InChI is InChI=1S/C25H24N2O4/c1-18-7-5-6-10-22(18)15-26-23(28)17-31-24(29)16-27-25(30)21-13-11-20(12-14-21)19-8-3-2-4-9-19/h2-14H,15-17H2,1H3,(H,26,28)(H,27,30). The molecular formula is C25H24N2O4. The van der Waals surface area contributed by atoms with Gasteiger partial charge >= 0.3 is 5.97 Å². The highest BCUT2D eigenvalue weighted by Gasteiger charge is 2.11. The number of aryl methyl sites for hydroxylation is 1. The Kier molecular flexibility index (Phi) is 7.54. The summed E-state index contributed by atoms with van der Waals surface area (Å²) in [6, 6.07) is 24.6. The summed E-state index contributed by atoms with van der Waals surface area (Å²) >= 11 is 0. The van der Waals surface area contributed by atoms with Gasteiger partial charge < -0.3 is 15.4 Å². The maximum absolute atomic E-state index is 12.2. The van der Waals surface area contributed by atoms with E-state index in [1.165, 1.54) is 0 Å². The van der Waals surface area contributed by atoms with Crippen molar-refractivity contribution < 1.29 is 19.1 Å².